The number of hydrogen-bond acceptors (Lipinski definition) is 2. The molecule has 2 saturated carbocycles. The van der Waals surface area contributed by atoms with Crippen molar-refractivity contribution < 1.29 is 9.59 Å². The first-order valence-electron chi connectivity index (χ1n) is 9.13. The van der Waals surface area contributed by atoms with Crippen LogP contribution < -0.4 is 0 Å². The molecule has 0 bridgehead atoms. The molecule has 3 fully saturated rings. The third kappa shape index (κ3) is 3.31. The molecule has 0 spiro atoms. The lowest BCUT2D eigenvalue weighted by atomic mass is 9.84. The zero-order valence-electron chi connectivity index (χ0n) is 14.1. The van der Waals surface area contributed by atoms with Gasteiger partial charge in [0.05, 0.1) is 0 Å². The predicted molar refractivity (Wildman–Crippen MR) is 86.2 cm³/mol. The first-order valence-corrected chi connectivity index (χ1v) is 9.13. The van der Waals surface area contributed by atoms with E-state index < -0.39 is 0 Å². The van der Waals surface area contributed by atoms with Crippen molar-refractivity contribution in [2.45, 2.75) is 64.3 Å². The third-order valence-corrected chi connectivity index (χ3v) is 5.99. The molecule has 1 aliphatic heterocycles. The number of nitrogens with zero attached hydrogens (tertiary/aromatic N) is 2. The molecular formula is C18H30N2O2. The number of piperidine rings is 1. The van der Waals surface area contributed by atoms with Crippen LogP contribution in [0.5, 0.6) is 0 Å². The molecule has 1 heterocycles. The fourth-order valence-electron chi connectivity index (χ4n) is 4.26. The maximum Gasteiger partial charge on any atom is 0.225 e. The van der Waals surface area contributed by atoms with Gasteiger partial charge in [-0.2, -0.15) is 0 Å². The van der Waals surface area contributed by atoms with Gasteiger partial charge in [0.1, 0.15) is 0 Å². The van der Waals surface area contributed by atoms with Gasteiger partial charge in [0.15, 0.2) is 0 Å². The maximum atomic E-state index is 12.8. The van der Waals surface area contributed by atoms with Crippen molar-refractivity contribution in [1.29, 1.82) is 0 Å². The van der Waals surface area contributed by atoms with Crippen molar-refractivity contribution in [3.05, 3.63) is 0 Å². The van der Waals surface area contributed by atoms with Crippen LogP contribution in [0.3, 0.4) is 0 Å². The molecule has 0 radical (unpaired) electrons. The molecule has 0 aromatic carbocycles. The Morgan fingerprint density at radius 3 is 2.14 bits per heavy atom. The lowest BCUT2D eigenvalue weighted by Gasteiger charge is -2.39. The number of carbonyl (C=O) groups is 2. The van der Waals surface area contributed by atoms with Gasteiger partial charge in [-0.3, -0.25) is 9.59 Å². The van der Waals surface area contributed by atoms with E-state index in [1.807, 2.05) is 16.8 Å². The molecule has 2 unspecified atom stereocenters. The summed E-state index contributed by atoms with van der Waals surface area (Å²) in [5, 5.41) is 0. The summed E-state index contributed by atoms with van der Waals surface area (Å²) in [5.41, 5.74) is 0. The van der Waals surface area contributed by atoms with Crippen LogP contribution in [-0.4, -0.2) is 47.8 Å². The van der Waals surface area contributed by atoms with Crippen LogP contribution in [-0.2, 0) is 9.59 Å². The van der Waals surface area contributed by atoms with Crippen molar-refractivity contribution in [2.75, 3.05) is 20.1 Å². The molecule has 0 aromatic heterocycles. The smallest absolute Gasteiger partial charge is 0.225 e. The number of hydrogen-bond donors (Lipinski definition) is 0. The number of likely N-dealkylation sites (tertiary alicyclic amines) is 1. The first kappa shape index (κ1) is 15.8. The Kier molecular flexibility index (Phi) is 4.74. The fourth-order valence-corrected chi connectivity index (χ4v) is 4.26. The standard InChI is InChI=1S/C18H30N2O2/c1-13-5-3-4-6-16(13)19(2)17(21)15-9-11-20(12-10-15)18(22)14-7-8-14/h13-16H,3-12H2,1-2H3. The summed E-state index contributed by atoms with van der Waals surface area (Å²) in [7, 11) is 2.00. The van der Waals surface area contributed by atoms with E-state index in [0.717, 1.165) is 45.2 Å². The van der Waals surface area contributed by atoms with Crippen LogP contribution in [0.15, 0.2) is 0 Å². The van der Waals surface area contributed by atoms with Gasteiger partial charge >= 0.3 is 0 Å². The molecule has 1 saturated heterocycles. The minimum Gasteiger partial charge on any atom is -0.342 e. The zero-order chi connectivity index (χ0) is 15.7. The summed E-state index contributed by atoms with van der Waals surface area (Å²) < 4.78 is 0. The van der Waals surface area contributed by atoms with E-state index in [2.05, 4.69) is 6.92 Å². The summed E-state index contributed by atoms with van der Waals surface area (Å²) in [6.07, 6.45) is 8.80. The molecule has 0 N–H and O–H groups in total. The van der Waals surface area contributed by atoms with Crippen LogP contribution in [0.1, 0.15) is 58.3 Å². The van der Waals surface area contributed by atoms with E-state index in [1.54, 1.807) is 0 Å². The van der Waals surface area contributed by atoms with Gasteiger partial charge in [0, 0.05) is 38.0 Å². The van der Waals surface area contributed by atoms with Crippen LogP contribution in [0, 0.1) is 17.8 Å². The van der Waals surface area contributed by atoms with E-state index in [4.69, 9.17) is 0 Å². The van der Waals surface area contributed by atoms with E-state index in [1.165, 1.54) is 19.3 Å². The Morgan fingerprint density at radius 1 is 0.909 bits per heavy atom. The van der Waals surface area contributed by atoms with Crippen molar-refractivity contribution in [1.82, 2.24) is 9.80 Å². The van der Waals surface area contributed by atoms with Crippen LogP contribution in [0.25, 0.3) is 0 Å². The Hall–Kier alpha value is -1.06. The largest absolute Gasteiger partial charge is 0.342 e. The summed E-state index contributed by atoms with van der Waals surface area (Å²) in [4.78, 5) is 28.9. The second-order valence-electron chi connectivity index (χ2n) is 7.65. The molecule has 0 aromatic rings. The van der Waals surface area contributed by atoms with E-state index >= 15 is 0 Å². The maximum absolute atomic E-state index is 12.8. The number of amides is 2. The average molecular weight is 306 g/mol. The van der Waals surface area contributed by atoms with Crippen molar-refractivity contribution in [3.8, 4) is 0 Å². The lowest BCUT2D eigenvalue weighted by molar-refractivity contribution is -0.143. The van der Waals surface area contributed by atoms with E-state index in [9.17, 15) is 9.59 Å². The average Bonchev–Trinajstić information content (AvgIpc) is 3.38. The highest BCUT2D eigenvalue weighted by atomic mass is 16.2. The Morgan fingerprint density at radius 2 is 1.55 bits per heavy atom. The van der Waals surface area contributed by atoms with Gasteiger partial charge < -0.3 is 9.80 Å². The summed E-state index contributed by atoms with van der Waals surface area (Å²) >= 11 is 0. The summed E-state index contributed by atoms with van der Waals surface area (Å²) in [5.74, 6) is 1.71. The molecular weight excluding hydrogens is 276 g/mol. The van der Waals surface area contributed by atoms with Gasteiger partial charge in [-0.15, -0.1) is 0 Å². The van der Waals surface area contributed by atoms with Gasteiger partial charge in [0.25, 0.3) is 0 Å². The number of carbonyl (C=O) groups excluding carboxylic acids is 2. The zero-order valence-corrected chi connectivity index (χ0v) is 14.1. The second kappa shape index (κ2) is 6.59. The summed E-state index contributed by atoms with van der Waals surface area (Å²) in [6.45, 7) is 3.84. The van der Waals surface area contributed by atoms with E-state index in [0.29, 0.717) is 29.7 Å². The first-order chi connectivity index (χ1) is 10.6. The molecule has 3 aliphatic rings. The number of rotatable bonds is 3. The molecule has 22 heavy (non-hydrogen) atoms. The highest BCUT2D eigenvalue weighted by molar-refractivity contribution is 5.82. The molecule has 3 rings (SSSR count). The van der Waals surface area contributed by atoms with Gasteiger partial charge in [-0.25, -0.2) is 0 Å². The van der Waals surface area contributed by atoms with Crippen LogP contribution in [0.2, 0.25) is 0 Å². The second-order valence-corrected chi connectivity index (χ2v) is 7.65. The van der Waals surface area contributed by atoms with Crippen molar-refractivity contribution in [3.63, 3.8) is 0 Å². The highest BCUT2D eigenvalue weighted by Gasteiger charge is 2.37. The molecule has 124 valence electrons. The van der Waals surface area contributed by atoms with Gasteiger partial charge in [-0.1, -0.05) is 19.8 Å². The molecule has 2 amide bonds. The molecule has 2 atom stereocenters. The van der Waals surface area contributed by atoms with Gasteiger partial charge in [-0.05, 0) is 44.4 Å². The third-order valence-electron chi connectivity index (χ3n) is 5.99. The summed E-state index contributed by atoms with van der Waals surface area (Å²) in [6, 6.07) is 0.423. The van der Waals surface area contributed by atoms with Crippen LogP contribution >= 0.6 is 0 Å². The molecule has 2 aliphatic carbocycles. The van der Waals surface area contributed by atoms with Gasteiger partial charge in [0.2, 0.25) is 11.8 Å². The highest BCUT2D eigenvalue weighted by Crippen LogP contribution is 2.33. The predicted octanol–water partition coefficient (Wildman–Crippen LogP) is 2.67. The fraction of sp³-hybridized carbons (Fsp3) is 0.889. The minimum atomic E-state index is 0.127. The molecule has 4 heteroatoms. The van der Waals surface area contributed by atoms with Crippen LogP contribution in [0.4, 0.5) is 0 Å². The van der Waals surface area contributed by atoms with Crippen molar-refractivity contribution >= 4 is 11.8 Å². The monoisotopic (exact) mass is 306 g/mol. The van der Waals surface area contributed by atoms with E-state index in [-0.39, 0.29) is 5.92 Å². The molecule has 4 nitrogen and oxygen atoms in total. The topological polar surface area (TPSA) is 40.6 Å². The Labute approximate surface area is 134 Å². The lowest BCUT2D eigenvalue weighted by Crippen LogP contribution is -2.48. The Balaban J connectivity index is 1.51. The quantitative estimate of drug-likeness (QED) is 0.804. The Bertz CT molecular complexity index is 425. The van der Waals surface area contributed by atoms with Crippen molar-refractivity contribution in [2.24, 2.45) is 17.8 Å². The minimum absolute atomic E-state index is 0.127. The normalized spacial score (nSPS) is 30.2. The SMILES string of the molecule is CC1CCCCC1N(C)C(=O)C1CCN(C(=O)C2CC2)CC1.